The number of ketones is 1. The fourth-order valence-corrected chi connectivity index (χ4v) is 4.34. The summed E-state index contributed by atoms with van der Waals surface area (Å²) in [5.41, 5.74) is 0. The number of likely N-dealkylation sites (N-methyl/N-ethyl adjacent to an activating group) is 2. The zero-order valence-corrected chi connectivity index (χ0v) is 23.2. The average Bonchev–Trinajstić information content (AvgIpc) is 2.85. The van der Waals surface area contributed by atoms with E-state index in [0.29, 0.717) is 12.8 Å². The summed E-state index contributed by atoms with van der Waals surface area (Å²) in [6, 6.07) is -1.75. The standard InChI is InChI=1S/C26H45N5O6/c1-7-10-11-12-17(4)23-26(37)31(6)15-21(33)28-20(9-3)24(35)27-14-19(32)13-18(8-2)25(36)30(5)16-22(34)29-23/h17-18,20,23H,7-16H2,1-6H3,(H,27,35)(H,28,33)(H,29,34)/t17-,18+,20-,23-/m0/s1. The Kier molecular flexibility index (Phi) is 13.8. The fourth-order valence-electron chi connectivity index (χ4n) is 4.34. The number of nitrogens with one attached hydrogen (secondary N) is 3. The van der Waals surface area contributed by atoms with Gasteiger partial charge in [0.05, 0.1) is 19.6 Å². The summed E-state index contributed by atoms with van der Waals surface area (Å²) in [4.78, 5) is 79.4. The molecule has 0 radical (unpaired) electrons. The van der Waals surface area contributed by atoms with Crippen LogP contribution in [0.2, 0.25) is 0 Å². The first-order valence-electron chi connectivity index (χ1n) is 13.3. The van der Waals surface area contributed by atoms with Crippen LogP contribution in [0.15, 0.2) is 0 Å². The Morgan fingerprint density at radius 3 is 2.00 bits per heavy atom. The summed E-state index contributed by atoms with van der Waals surface area (Å²) in [7, 11) is 2.96. The number of carbonyl (C=O) groups excluding carboxylic acids is 6. The molecule has 0 aromatic rings. The van der Waals surface area contributed by atoms with Crippen LogP contribution in [0.1, 0.15) is 72.6 Å². The smallest absolute Gasteiger partial charge is 0.245 e. The third kappa shape index (κ3) is 10.5. The lowest BCUT2D eigenvalue weighted by Crippen LogP contribution is -2.55. The summed E-state index contributed by atoms with van der Waals surface area (Å²) < 4.78 is 0. The minimum Gasteiger partial charge on any atom is -0.347 e. The fraction of sp³-hybridized carbons (Fsp3) is 0.769. The molecule has 1 rings (SSSR count). The van der Waals surface area contributed by atoms with Gasteiger partial charge in [-0.25, -0.2) is 0 Å². The molecule has 1 fully saturated rings. The average molecular weight is 524 g/mol. The van der Waals surface area contributed by atoms with Gasteiger partial charge in [0.1, 0.15) is 12.1 Å². The summed E-state index contributed by atoms with van der Waals surface area (Å²) in [5, 5.41) is 7.91. The lowest BCUT2D eigenvalue weighted by molar-refractivity contribution is -0.142. The van der Waals surface area contributed by atoms with Crippen molar-refractivity contribution in [2.24, 2.45) is 11.8 Å². The lowest BCUT2D eigenvalue weighted by atomic mass is 9.94. The van der Waals surface area contributed by atoms with E-state index in [1.54, 1.807) is 13.8 Å². The highest BCUT2D eigenvalue weighted by atomic mass is 16.2. The molecule has 11 heteroatoms. The third-order valence-electron chi connectivity index (χ3n) is 6.76. The zero-order valence-electron chi connectivity index (χ0n) is 23.2. The Balaban J connectivity index is 3.24. The molecule has 210 valence electrons. The summed E-state index contributed by atoms with van der Waals surface area (Å²) in [6.45, 7) is 6.62. The Hall–Kier alpha value is -2.98. The van der Waals surface area contributed by atoms with Crippen LogP contribution in [0.5, 0.6) is 0 Å². The number of rotatable bonds is 7. The SMILES string of the molecule is CCCCC[C@H](C)[C@@H]1NC(=O)CN(C)C(=O)[C@H](CC)CC(=O)CNC(=O)[C@H](CC)NC(=O)CN(C)C1=O. The van der Waals surface area contributed by atoms with Gasteiger partial charge in [0.15, 0.2) is 5.78 Å². The van der Waals surface area contributed by atoms with E-state index >= 15 is 0 Å². The molecule has 0 bridgehead atoms. The Morgan fingerprint density at radius 1 is 0.838 bits per heavy atom. The van der Waals surface area contributed by atoms with Gasteiger partial charge in [-0.3, -0.25) is 28.8 Å². The van der Waals surface area contributed by atoms with Crippen molar-refractivity contribution in [2.45, 2.75) is 84.7 Å². The molecule has 0 aromatic heterocycles. The van der Waals surface area contributed by atoms with Crippen molar-refractivity contribution in [3.63, 3.8) is 0 Å². The normalized spacial score (nSPS) is 24.6. The van der Waals surface area contributed by atoms with Crippen LogP contribution < -0.4 is 16.0 Å². The zero-order chi connectivity index (χ0) is 28.1. The van der Waals surface area contributed by atoms with Crippen LogP contribution in [-0.4, -0.2) is 90.9 Å². The van der Waals surface area contributed by atoms with E-state index in [2.05, 4.69) is 22.9 Å². The van der Waals surface area contributed by atoms with Gasteiger partial charge in [0.2, 0.25) is 29.5 Å². The van der Waals surface area contributed by atoms with Gasteiger partial charge in [0.25, 0.3) is 0 Å². The van der Waals surface area contributed by atoms with Crippen molar-refractivity contribution in [3.05, 3.63) is 0 Å². The number of nitrogens with zero attached hydrogens (tertiary/aromatic N) is 2. The number of carbonyl (C=O) groups is 6. The first-order chi connectivity index (χ1) is 17.4. The van der Waals surface area contributed by atoms with Gasteiger partial charge in [-0.05, 0) is 25.2 Å². The van der Waals surface area contributed by atoms with E-state index in [0.717, 1.165) is 19.3 Å². The molecule has 37 heavy (non-hydrogen) atoms. The maximum atomic E-state index is 13.3. The van der Waals surface area contributed by atoms with Gasteiger partial charge < -0.3 is 25.8 Å². The molecule has 0 unspecified atom stereocenters. The molecule has 0 saturated carbocycles. The lowest BCUT2D eigenvalue weighted by Gasteiger charge is -2.30. The highest BCUT2D eigenvalue weighted by Crippen LogP contribution is 2.16. The molecule has 1 heterocycles. The second kappa shape index (κ2) is 16.0. The van der Waals surface area contributed by atoms with E-state index in [1.165, 1.54) is 23.9 Å². The van der Waals surface area contributed by atoms with Crippen molar-refractivity contribution in [1.82, 2.24) is 25.8 Å². The maximum Gasteiger partial charge on any atom is 0.245 e. The number of hydrogen-bond donors (Lipinski definition) is 3. The van der Waals surface area contributed by atoms with Crippen molar-refractivity contribution >= 4 is 35.3 Å². The highest BCUT2D eigenvalue weighted by molar-refractivity contribution is 5.95. The molecule has 1 aliphatic rings. The molecule has 5 amide bonds. The van der Waals surface area contributed by atoms with Gasteiger partial charge >= 0.3 is 0 Å². The molecule has 1 saturated heterocycles. The van der Waals surface area contributed by atoms with Crippen molar-refractivity contribution < 1.29 is 28.8 Å². The molecule has 0 aromatic carbocycles. The first kappa shape index (κ1) is 32.0. The van der Waals surface area contributed by atoms with Gasteiger partial charge in [0, 0.05) is 26.4 Å². The van der Waals surface area contributed by atoms with E-state index in [1.807, 2.05) is 6.92 Å². The highest BCUT2D eigenvalue weighted by Gasteiger charge is 2.32. The van der Waals surface area contributed by atoms with Gasteiger partial charge in [-0.1, -0.05) is 47.0 Å². The molecule has 0 spiro atoms. The second-order valence-electron chi connectivity index (χ2n) is 10.0. The summed E-state index contributed by atoms with van der Waals surface area (Å²) in [5.74, 6) is -3.45. The number of amides is 5. The van der Waals surface area contributed by atoms with Crippen molar-refractivity contribution in [3.8, 4) is 0 Å². The first-order valence-corrected chi connectivity index (χ1v) is 13.3. The molecule has 0 aliphatic carbocycles. The second-order valence-corrected chi connectivity index (χ2v) is 10.0. The van der Waals surface area contributed by atoms with E-state index in [9.17, 15) is 28.8 Å². The van der Waals surface area contributed by atoms with Crippen LogP contribution in [0.25, 0.3) is 0 Å². The number of Topliss-reactive ketones (excluding diaryl/α,β-unsaturated/α-hetero) is 1. The van der Waals surface area contributed by atoms with Crippen LogP contribution >= 0.6 is 0 Å². The van der Waals surface area contributed by atoms with Crippen molar-refractivity contribution in [1.29, 1.82) is 0 Å². The quantitative estimate of drug-likeness (QED) is 0.417. The predicted molar refractivity (Wildman–Crippen MR) is 139 cm³/mol. The molecule has 4 atom stereocenters. The minimum absolute atomic E-state index is 0.0783. The van der Waals surface area contributed by atoms with E-state index in [-0.39, 0.29) is 50.1 Å². The summed E-state index contributed by atoms with van der Waals surface area (Å²) >= 11 is 0. The molecule has 1 aliphatic heterocycles. The molecule has 3 N–H and O–H groups in total. The topological polar surface area (TPSA) is 145 Å². The van der Waals surface area contributed by atoms with Crippen LogP contribution in [0.4, 0.5) is 0 Å². The van der Waals surface area contributed by atoms with Crippen LogP contribution in [-0.2, 0) is 28.8 Å². The van der Waals surface area contributed by atoms with Gasteiger partial charge in [-0.15, -0.1) is 0 Å². The minimum atomic E-state index is -0.877. The van der Waals surface area contributed by atoms with E-state index in [4.69, 9.17) is 0 Å². The Labute approximate surface area is 220 Å². The maximum absolute atomic E-state index is 13.3. The van der Waals surface area contributed by atoms with Gasteiger partial charge in [-0.2, -0.15) is 0 Å². The van der Waals surface area contributed by atoms with Crippen molar-refractivity contribution in [2.75, 3.05) is 33.7 Å². The summed E-state index contributed by atoms with van der Waals surface area (Å²) in [6.07, 6.45) is 4.20. The van der Waals surface area contributed by atoms with Crippen LogP contribution in [0.3, 0.4) is 0 Å². The number of hydrogen-bond acceptors (Lipinski definition) is 6. The van der Waals surface area contributed by atoms with E-state index < -0.39 is 41.6 Å². The molecular weight excluding hydrogens is 478 g/mol. The Bertz CT molecular complexity index is 832. The monoisotopic (exact) mass is 523 g/mol. The number of unbranched alkanes of at least 4 members (excludes halogenated alkanes) is 2. The predicted octanol–water partition coefficient (Wildman–Crippen LogP) is 0.614. The molecule has 11 nitrogen and oxygen atoms in total. The largest absolute Gasteiger partial charge is 0.347 e. The third-order valence-corrected chi connectivity index (χ3v) is 6.76. The Morgan fingerprint density at radius 2 is 1.43 bits per heavy atom. The van der Waals surface area contributed by atoms with Crippen LogP contribution in [0, 0.1) is 11.8 Å². The molecular formula is C26H45N5O6.